The molecule has 0 fully saturated rings. The first-order valence-corrected chi connectivity index (χ1v) is 8.99. The smallest absolute Gasteiger partial charge is 0.378 e. The monoisotopic (exact) mass is 380 g/mol. The van der Waals surface area contributed by atoms with Gasteiger partial charge in [-0.3, -0.25) is 9.32 Å². The van der Waals surface area contributed by atoms with Crippen molar-refractivity contribution in [2.75, 3.05) is 26.0 Å². The second kappa shape index (κ2) is 8.12. The number of rotatable bonds is 6. The van der Waals surface area contributed by atoms with Gasteiger partial charge in [0, 0.05) is 38.9 Å². The van der Waals surface area contributed by atoms with Crippen molar-refractivity contribution in [1.82, 2.24) is 14.6 Å². The van der Waals surface area contributed by atoms with E-state index in [1.807, 2.05) is 74.4 Å². The van der Waals surface area contributed by atoms with Crippen LogP contribution < -0.4 is 10.7 Å². The van der Waals surface area contributed by atoms with E-state index < -0.39 is 5.76 Å². The van der Waals surface area contributed by atoms with Gasteiger partial charge < -0.3 is 9.80 Å². The van der Waals surface area contributed by atoms with E-state index in [2.05, 4.69) is 5.16 Å². The molecule has 3 rings (SSSR count). The summed E-state index contributed by atoms with van der Waals surface area (Å²) in [4.78, 5) is 28.4. The molecular weight excluding hydrogens is 356 g/mol. The summed E-state index contributed by atoms with van der Waals surface area (Å²) in [6.07, 6.45) is 0. The number of aromatic nitrogens is 2. The molecule has 2 aromatic carbocycles. The molecule has 0 N–H and O–H groups in total. The van der Waals surface area contributed by atoms with E-state index in [-0.39, 0.29) is 12.5 Å². The lowest BCUT2D eigenvalue weighted by molar-refractivity contribution is -0.131. The van der Waals surface area contributed by atoms with Crippen molar-refractivity contribution in [3.05, 3.63) is 70.2 Å². The van der Waals surface area contributed by atoms with E-state index in [1.54, 1.807) is 11.9 Å². The Morgan fingerprint density at radius 1 is 1.07 bits per heavy atom. The Hall–Kier alpha value is -3.35. The maximum Gasteiger partial charge on any atom is 0.442 e. The molecule has 28 heavy (non-hydrogen) atoms. The molecule has 0 unspecified atom stereocenters. The Labute approximate surface area is 163 Å². The highest BCUT2D eigenvalue weighted by Gasteiger charge is 2.19. The van der Waals surface area contributed by atoms with Crippen molar-refractivity contribution in [3.63, 3.8) is 0 Å². The summed E-state index contributed by atoms with van der Waals surface area (Å²) < 4.78 is 6.10. The van der Waals surface area contributed by atoms with E-state index in [1.165, 1.54) is 4.57 Å². The molecule has 0 atom stereocenters. The van der Waals surface area contributed by atoms with E-state index in [0.29, 0.717) is 12.4 Å². The highest BCUT2D eigenvalue weighted by atomic mass is 16.5. The van der Waals surface area contributed by atoms with Crippen LogP contribution in [0.3, 0.4) is 0 Å². The Kier molecular flexibility index (Phi) is 5.63. The lowest BCUT2D eigenvalue weighted by Crippen LogP contribution is -2.32. The molecule has 0 aliphatic heterocycles. The Bertz CT molecular complexity index is 1020. The van der Waals surface area contributed by atoms with Crippen molar-refractivity contribution in [2.24, 2.45) is 0 Å². The quantitative estimate of drug-likeness (QED) is 0.657. The van der Waals surface area contributed by atoms with Crippen molar-refractivity contribution in [3.8, 4) is 11.4 Å². The molecule has 0 aliphatic carbocycles. The minimum absolute atomic E-state index is 0.127. The summed E-state index contributed by atoms with van der Waals surface area (Å²) in [6, 6.07) is 15.5. The lowest BCUT2D eigenvalue weighted by atomic mass is 10.1. The zero-order valence-electron chi connectivity index (χ0n) is 16.5. The van der Waals surface area contributed by atoms with Gasteiger partial charge in [-0.05, 0) is 30.2 Å². The normalized spacial score (nSPS) is 10.7. The van der Waals surface area contributed by atoms with Crippen LogP contribution in [0.4, 0.5) is 5.69 Å². The van der Waals surface area contributed by atoms with E-state index in [4.69, 9.17) is 4.52 Å². The fourth-order valence-electron chi connectivity index (χ4n) is 2.94. The summed E-state index contributed by atoms with van der Waals surface area (Å²) in [6.45, 7) is 2.24. The van der Waals surface area contributed by atoms with Gasteiger partial charge in [-0.15, -0.1) is 0 Å². The number of anilines is 1. The standard InChI is InChI=1S/C21H24N4O3/c1-15-7-5-6-8-18(15)20-22-28-21(27)25(20)14-19(26)24(4)13-16-9-11-17(12-10-16)23(2)3/h5-12H,13-14H2,1-4H3. The highest BCUT2D eigenvalue weighted by Crippen LogP contribution is 2.20. The topological polar surface area (TPSA) is 71.6 Å². The first-order valence-electron chi connectivity index (χ1n) is 8.99. The van der Waals surface area contributed by atoms with Gasteiger partial charge in [0.25, 0.3) is 0 Å². The van der Waals surface area contributed by atoms with Gasteiger partial charge in [-0.25, -0.2) is 9.36 Å². The molecule has 7 heteroatoms. The minimum atomic E-state index is -0.643. The molecule has 1 heterocycles. The second-order valence-corrected chi connectivity index (χ2v) is 6.98. The average molecular weight is 380 g/mol. The number of amides is 1. The fourth-order valence-corrected chi connectivity index (χ4v) is 2.94. The second-order valence-electron chi connectivity index (χ2n) is 6.98. The summed E-state index contributed by atoms with van der Waals surface area (Å²) in [5.41, 5.74) is 3.82. The molecule has 0 saturated carbocycles. The van der Waals surface area contributed by atoms with Crippen molar-refractivity contribution in [1.29, 1.82) is 0 Å². The third-order valence-electron chi connectivity index (χ3n) is 4.66. The predicted octanol–water partition coefficient (Wildman–Crippen LogP) is 2.54. The number of aryl methyl sites for hydroxylation is 1. The molecule has 3 aromatic rings. The largest absolute Gasteiger partial charge is 0.442 e. The van der Waals surface area contributed by atoms with Crippen LogP contribution in [-0.4, -0.2) is 41.7 Å². The lowest BCUT2D eigenvalue weighted by Gasteiger charge is -2.19. The maximum atomic E-state index is 12.7. The van der Waals surface area contributed by atoms with Gasteiger partial charge in [0.15, 0.2) is 5.82 Å². The van der Waals surface area contributed by atoms with Crippen LogP contribution in [0.1, 0.15) is 11.1 Å². The summed E-state index contributed by atoms with van der Waals surface area (Å²) in [7, 11) is 5.68. The number of likely N-dealkylation sites (N-methyl/N-ethyl adjacent to an activating group) is 1. The maximum absolute atomic E-state index is 12.7. The first-order chi connectivity index (χ1) is 13.4. The van der Waals surface area contributed by atoms with Crippen molar-refractivity contribution >= 4 is 11.6 Å². The highest BCUT2D eigenvalue weighted by molar-refractivity contribution is 5.76. The summed E-state index contributed by atoms with van der Waals surface area (Å²) >= 11 is 0. The van der Waals surface area contributed by atoms with Gasteiger partial charge in [-0.2, -0.15) is 0 Å². The molecule has 0 aliphatic rings. The molecule has 0 bridgehead atoms. The molecule has 1 aromatic heterocycles. The van der Waals surface area contributed by atoms with Gasteiger partial charge >= 0.3 is 5.76 Å². The molecule has 1 amide bonds. The number of nitrogens with zero attached hydrogens (tertiary/aromatic N) is 4. The van der Waals surface area contributed by atoms with E-state index in [9.17, 15) is 9.59 Å². The summed E-state index contributed by atoms with van der Waals surface area (Å²) in [5, 5.41) is 3.87. The number of carbonyl (C=O) groups is 1. The third kappa shape index (κ3) is 4.14. The Morgan fingerprint density at radius 3 is 2.39 bits per heavy atom. The minimum Gasteiger partial charge on any atom is -0.378 e. The Balaban J connectivity index is 1.75. The van der Waals surface area contributed by atoms with Crippen molar-refractivity contribution in [2.45, 2.75) is 20.0 Å². The Morgan fingerprint density at radius 2 is 1.75 bits per heavy atom. The van der Waals surface area contributed by atoms with Crippen molar-refractivity contribution < 1.29 is 9.32 Å². The molecular formula is C21H24N4O3. The van der Waals surface area contributed by atoms with Gasteiger partial charge in [0.1, 0.15) is 6.54 Å². The van der Waals surface area contributed by atoms with Gasteiger partial charge in [0.2, 0.25) is 5.91 Å². The van der Waals surface area contributed by atoms with Crippen LogP contribution in [0.2, 0.25) is 0 Å². The van der Waals surface area contributed by atoms with Crippen LogP contribution in [0.15, 0.2) is 57.8 Å². The van der Waals surface area contributed by atoms with Gasteiger partial charge in [0.05, 0.1) is 0 Å². The molecule has 146 valence electrons. The predicted molar refractivity (Wildman–Crippen MR) is 108 cm³/mol. The zero-order valence-corrected chi connectivity index (χ0v) is 16.5. The molecule has 0 spiro atoms. The van der Waals surface area contributed by atoms with Crippen LogP contribution in [0, 0.1) is 6.92 Å². The summed E-state index contributed by atoms with van der Waals surface area (Å²) in [5.74, 6) is -0.479. The fraction of sp³-hybridized carbons (Fsp3) is 0.286. The molecule has 0 saturated heterocycles. The molecule has 7 nitrogen and oxygen atoms in total. The number of hydrogen-bond donors (Lipinski definition) is 0. The molecule has 0 radical (unpaired) electrons. The zero-order chi connectivity index (χ0) is 20.3. The van der Waals surface area contributed by atoms with E-state index >= 15 is 0 Å². The van der Waals surface area contributed by atoms with E-state index in [0.717, 1.165) is 22.4 Å². The SMILES string of the molecule is Cc1ccccc1-c1noc(=O)n1CC(=O)N(C)Cc1ccc(N(C)C)cc1. The number of carbonyl (C=O) groups excluding carboxylic acids is 1. The first kappa shape index (κ1) is 19.4. The van der Waals surface area contributed by atoms with Crippen LogP contribution >= 0.6 is 0 Å². The van der Waals surface area contributed by atoms with Gasteiger partial charge in [-0.1, -0.05) is 41.6 Å². The van der Waals surface area contributed by atoms with Crippen LogP contribution in [0.5, 0.6) is 0 Å². The number of benzene rings is 2. The number of hydrogen-bond acceptors (Lipinski definition) is 5. The van der Waals surface area contributed by atoms with Crippen LogP contribution in [-0.2, 0) is 17.9 Å². The third-order valence-corrected chi connectivity index (χ3v) is 4.66. The van der Waals surface area contributed by atoms with Crippen LogP contribution in [0.25, 0.3) is 11.4 Å². The average Bonchev–Trinajstić information content (AvgIpc) is 3.03.